The highest BCUT2D eigenvalue weighted by Crippen LogP contribution is 2.29. The van der Waals surface area contributed by atoms with Crippen LogP contribution in [0.4, 0.5) is 0 Å². The lowest BCUT2D eigenvalue weighted by Gasteiger charge is -2.17. The molecule has 0 radical (unpaired) electrons. The van der Waals surface area contributed by atoms with Crippen LogP contribution in [-0.2, 0) is 4.74 Å². The van der Waals surface area contributed by atoms with E-state index in [-0.39, 0.29) is 5.56 Å². The number of aliphatic hydroxyl groups is 3. The van der Waals surface area contributed by atoms with Crippen molar-refractivity contribution in [1.29, 1.82) is 0 Å². The van der Waals surface area contributed by atoms with Gasteiger partial charge in [0, 0.05) is 11.1 Å². The Hall–Kier alpha value is -1.78. The number of nitrogens with one attached hydrogen (secondary N) is 1. The normalized spacial score (nSPS) is 28.1. The van der Waals surface area contributed by atoms with E-state index in [1.165, 1.54) is 17.5 Å². The smallest absolute Gasteiger partial charge is 0.330 e. The maximum atomic E-state index is 12.0. The Bertz CT molecular complexity index is 768. The minimum absolute atomic E-state index is 0.257. The van der Waals surface area contributed by atoms with E-state index < -0.39 is 42.4 Å². The molecular weight excluding hydrogens is 312 g/mol. The lowest BCUT2D eigenvalue weighted by Crippen LogP contribution is -2.38. The van der Waals surface area contributed by atoms with E-state index in [9.17, 15) is 19.8 Å². The summed E-state index contributed by atoms with van der Waals surface area (Å²) in [6.07, 6.45) is -3.61. The SMILES string of the molecule is O=c1[nH]c(=O)n(C2OC(CO)C(O)C2O)cc1-c1cccs1. The molecule has 1 saturated heterocycles. The summed E-state index contributed by atoms with van der Waals surface area (Å²) in [6.45, 7) is -0.495. The van der Waals surface area contributed by atoms with E-state index in [1.807, 2.05) is 0 Å². The molecule has 1 aliphatic heterocycles. The lowest BCUT2D eigenvalue weighted by atomic mass is 10.1. The van der Waals surface area contributed by atoms with Gasteiger partial charge < -0.3 is 20.1 Å². The summed E-state index contributed by atoms with van der Waals surface area (Å²) >= 11 is 1.33. The van der Waals surface area contributed by atoms with Crippen molar-refractivity contribution in [1.82, 2.24) is 9.55 Å². The predicted octanol–water partition coefficient (Wildman–Crippen LogP) is -1.12. The van der Waals surface area contributed by atoms with E-state index in [4.69, 9.17) is 9.84 Å². The van der Waals surface area contributed by atoms with Crippen molar-refractivity contribution in [3.63, 3.8) is 0 Å². The number of aromatic nitrogens is 2. The molecule has 0 aromatic carbocycles. The summed E-state index contributed by atoms with van der Waals surface area (Å²) in [5.74, 6) is 0. The van der Waals surface area contributed by atoms with Crippen LogP contribution < -0.4 is 11.2 Å². The van der Waals surface area contributed by atoms with Gasteiger partial charge in [0.25, 0.3) is 5.56 Å². The van der Waals surface area contributed by atoms with Crippen LogP contribution in [0.5, 0.6) is 0 Å². The van der Waals surface area contributed by atoms with Crippen LogP contribution >= 0.6 is 11.3 Å². The summed E-state index contributed by atoms with van der Waals surface area (Å²) in [5.41, 5.74) is -1.05. The minimum atomic E-state index is -1.39. The molecule has 4 unspecified atom stereocenters. The van der Waals surface area contributed by atoms with E-state index in [0.29, 0.717) is 4.88 Å². The second-order valence-electron chi connectivity index (χ2n) is 4.92. The molecule has 0 bridgehead atoms. The molecule has 2 aromatic rings. The molecule has 3 heterocycles. The van der Waals surface area contributed by atoms with Crippen molar-refractivity contribution in [3.05, 3.63) is 44.5 Å². The average molecular weight is 326 g/mol. The first-order valence-electron chi connectivity index (χ1n) is 6.54. The summed E-state index contributed by atoms with van der Waals surface area (Å²) in [6, 6.07) is 3.49. The molecule has 9 heteroatoms. The molecule has 118 valence electrons. The van der Waals surface area contributed by atoms with Crippen LogP contribution in [0.3, 0.4) is 0 Å². The Labute approximate surface area is 127 Å². The van der Waals surface area contributed by atoms with Crippen molar-refractivity contribution in [2.45, 2.75) is 24.5 Å². The first kappa shape index (κ1) is 15.1. The van der Waals surface area contributed by atoms with Crippen LogP contribution in [-0.4, -0.2) is 49.8 Å². The topological polar surface area (TPSA) is 125 Å². The Kier molecular flexibility index (Phi) is 3.98. The zero-order chi connectivity index (χ0) is 15.9. The molecule has 4 N–H and O–H groups in total. The molecule has 0 aliphatic carbocycles. The van der Waals surface area contributed by atoms with Gasteiger partial charge in [-0.15, -0.1) is 11.3 Å². The second-order valence-corrected chi connectivity index (χ2v) is 5.86. The molecule has 3 rings (SSSR count). The van der Waals surface area contributed by atoms with E-state index in [2.05, 4.69) is 4.98 Å². The Morgan fingerprint density at radius 1 is 1.32 bits per heavy atom. The quantitative estimate of drug-likeness (QED) is 0.566. The van der Waals surface area contributed by atoms with Crippen molar-refractivity contribution in [2.75, 3.05) is 6.61 Å². The van der Waals surface area contributed by atoms with Crippen molar-refractivity contribution >= 4 is 11.3 Å². The zero-order valence-electron chi connectivity index (χ0n) is 11.2. The number of thiophene rings is 1. The molecule has 1 aliphatic rings. The van der Waals surface area contributed by atoms with Crippen LogP contribution in [0.2, 0.25) is 0 Å². The van der Waals surface area contributed by atoms with Crippen LogP contribution in [0.1, 0.15) is 6.23 Å². The minimum Gasteiger partial charge on any atom is -0.394 e. The third kappa shape index (κ3) is 2.42. The van der Waals surface area contributed by atoms with Crippen LogP contribution in [0.15, 0.2) is 33.3 Å². The fourth-order valence-corrected chi connectivity index (χ4v) is 3.12. The fourth-order valence-electron chi connectivity index (χ4n) is 2.39. The maximum Gasteiger partial charge on any atom is 0.330 e. The van der Waals surface area contributed by atoms with E-state index >= 15 is 0 Å². The van der Waals surface area contributed by atoms with Gasteiger partial charge in [-0.25, -0.2) is 4.79 Å². The van der Waals surface area contributed by atoms with Gasteiger partial charge in [0.2, 0.25) is 0 Å². The number of hydrogen-bond acceptors (Lipinski definition) is 7. The molecule has 2 aromatic heterocycles. The molecule has 4 atom stereocenters. The monoisotopic (exact) mass is 326 g/mol. The summed E-state index contributed by atoms with van der Waals surface area (Å²) in [5, 5.41) is 30.6. The molecule has 8 nitrogen and oxygen atoms in total. The molecule has 0 saturated carbocycles. The van der Waals surface area contributed by atoms with Gasteiger partial charge >= 0.3 is 5.69 Å². The Morgan fingerprint density at radius 3 is 2.68 bits per heavy atom. The Balaban J connectivity index is 2.07. The van der Waals surface area contributed by atoms with Gasteiger partial charge in [-0.1, -0.05) is 6.07 Å². The molecule has 0 amide bonds. The van der Waals surface area contributed by atoms with Crippen LogP contribution in [0, 0.1) is 0 Å². The van der Waals surface area contributed by atoms with Crippen LogP contribution in [0.25, 0.3) is 10.4 Å². The second kappa shape index (κ2) is 5.78. The highest BCUT2D eigenvalue weighted by molar-refractivity contribution is 7.13. The third-order valence-electron chi connectivity index (χ3n) is 3.55. The zero-order valence-corrected chi connectivity index (χ0v) is 12.1. The molecule has 1 fully saturated rings. The average Bonchev–Trinajstić information content (AvgIpc) is 3.10. The lowest BCUT2D eigenvalue weighted by molar-refractivity contribution is -0.0549. The number of hydrogen-bond donors (Lipinski definition) is 4. The van der Waals surface area contributed by atoms with Crippen molar-refractivity contribution in [2.24, 2.45) is 0 Å². The van der Waals surface area contributed by atoms with Gasteiger partial charge in [0.1, 0.15) is 18.3 Å². The summed E-state index contributed by atoms with van der Waals surface area (Å²) in [7, 11) is 0. The predicted molar refractivity (Wildman–Crippen MR) is 77.6 cm³/mol. The maximum absolute atomic E-state index is 12.0. The van der Waals surface area contributed by atoms with Gasteiger partial charge in [-0.05, 0) is 11.4 Å². The number of rotatable bonds is 3. The van der Waals surface area contributed by atoms with Gasteiger partial charge in [0.05, 0.1) is 12.2 Å². The van der Waals surface area contributed by atoms with Gasteiger partial charge in [0.15, 0.2) is 6.23 Å². The first-order chi connectivity index (χ1) is 10.5. The fraction of sp³-hybridized carbons (Fsp3) is 0.385. The number of aliphatic hydroxyl groups excluding tert-OH is 3. The third-order valence-corrected chi connectivity index (χ3v) is 4.45. The number of nitrogens with zero attached hydrogens (tertiary/aromatic N) is 1. The van der Waals surface area contributed by atoms with Crippen molar-refractivity contribution < 1.29 is 20.1 Å². The van der Waals surface area contributed by atoms with Gasteiger partial charge in [-0.3, -0.25) is 14.3 Å². The number of ether oxygens (including phenoxy) is 1. The van der Waals surface area contributed by atoms with E-state index in [1.54, 1.807) is 17.5 Å². The largest absolute Gasteiger partial charge is 0.394 e. The summed E-state index contributed by atoms with van der Waals surface area (Å²) in [4.78, 5) is 26.7. The molecule has 0 spiro atoms. The highest BCUT2D eigenvalue weighted by atomic mass is 32.1. The summed E-state index contributed by atoms with van der Waals surface area (Å²) < 4.78 is 6.32. The number of H-pyrrole nitrogens is 1. The highest BCUT2D eigenvalue weighted by Gasteiger charge is 2.43. The van der Waals surface area contributed by atoms with E-state index in [0.717, 1.165) is 4.57 Å². The van der Waals surface area contributed by atoms with Gasteiger partial charge in [-0.2, -0.15) is 0 Å². The first-order valence-corrected chi connectivity index (χ1v) is 7.42. The number of aromatic amines is 1. The van der Waals surface area contributed by atoms with Crippen molar-refractivity contribution in [3.8, 4) is 10.4 Å². The molecular formula is C13H14N2O6S. The standard InChI is InChI=1S/C13H14N2O6S/c16-5-7-9(17)10(18)12(21-7)15-4-6(8-2-1-3-22-8)11(19)14-13(15)20/h1-4,7,9-10,12,16-18H,5H2,(H,14,19,20). The Morgan fingerprint density at radius 2 is 2.09 bits per heavy atom. The molecule has 22 heavy (non-hydrogen) atoms.